The van der Waals surface area contributed by atoms with Gasteiger partial charge in [-0.3, -0.25) is 9.48 Å². The highest BCUT2D eigenvalue weighted by Crippen LogP contribution is 2.09. The predicted molar refractivity (Wildman–Crippen MR) is 74.5 cm³/mol. The number of aliphatic carboxylic acids is 1. The van der Waals surface area contributed by atoms with Crippen molar-refractivity contribution < 1.29 is 14.7 Å². The molecule has 0 bridgehead atoms. The summed E-state index contributed by atoms with van der Waals surface area (Å²) in [6, 6.07) is -0.125. The standard InChI is InChI=1S/C11H18N4O3S/c1-8(7-19-3)14(2)11(18)13-9-4-12-15(5-9)6-10(16)17/h4-5,8H,6-7H2,1-3H3,(H,13,18)(H,16,17). The van der Waals surface area contributed by atoms with E-state index in [0.29, 0.717) is 5.69 Å². The summed E-state index contributed by atoms with van der Waals surface area (Å²) in [6.45, 7) is 1.73. The molecule has 0 aliphatic rings. The van der Waals surface area contributed by atoms with Crippen LogP contribution in [0.5, 0.6) is 0 Å². The van der Waals surface area contributed by atoms with Crippen LogP contribution < -0.4 is 5.32 Å². The van der Waals surface area contributed by atoms with E-state index in [-0.39, 0.29) is 18.6 Å². The molecule has 1 rings (SSSR count). The number of hydrogen-bond acceptors (Lipinski definition) is 4. The summed E-state index contributed by atoms with van der Waals surface area (Å²) in [4.78, 5) is 24.0. The summed E-state index contributed by atoms with van der Waals surface area (Å²) < 4.78 is 1.25. The molecule has 0 spiro atoms. The van der Waals surface area contributed by atoms with Gasteiger partial charge in [-0.05, 0) is 13.2 Å². The van der Waals surface area contributed by atoms with Crippen molar-refractivity contribution in [3.63, 3.8) is 0 Å². The Bertz CT molecular complexity index is 449. The first kappa shape index (κ1) is 15.4. The van der Waals surface area contributed by atoms with Crippen LogP contribution in [0.1, 0.15) is 6.92 Å². The molecule has 0 radical (unpaired) electrons. The number of carboxylic acids is 1. The Morgan fingerprint density at radius 3 is 2.89 bits per heavy atom. The SMILES string of the molecule is CSCC(C)N(C)C(=O)Nc1cnn(CC(=O)O)c1. The lowest BCUT2D eigenvalue weighted by molar-refractivity contribution is -0.137. The van der Waals surface area contributed by atoms with Gasteiger partial charge < -0.3 is 15.3 Å². The van der Waals surface area contributed by atoms with E-state index >= 15 is 0 Å². The minimum Gasteiger partial charge on any atom is -0.480 e. The average molecular weight is 286 g/mol. The van der Waals surface area contributed by atoms with E-state index in [0.717, 1.165) is 5.75 Å². The van der Waals surface area contributed by atoms with Crippen molar-refractivity contribution in [3.8, 4) is 0 Å². The normalized spacial score (nSPS) is 11.9. The minimum absolute atomic E-state index is 0.115. The smallest absolute Gasteiger partial charge is 0.325 e. The molecule has 8 heteroatoms. The average Bonchev–Trinajstić information content (AvgIpc) is 2.74. The Hall–Kier alpha value is -1.70. The first-order valence-electron chi connectivity index (χ1n) is 5.71. The highest BCUT2D eigenvalue weighted by Gasteiger charge is 2.15. The molecule has 0 saturated heterocycles. The van der Waals surface area contributed by atoms with Crippen LogP contribution in [0.3, 0.4) is 0 Å². The lowest BCUT2D eigenvalue weighted by atomic mass is 10.3. The Balaban J connectivity index is 2.56. The molecule has 0 aliphatic heterocycles. The molecule has 1 aromatic rings. The maximum atomic E-state index is 11.9. The van der Waals surface area contributed by atoms with Crippen LogP contribution in [-0.2, 0) is 11.3 Å². The number of aromatic nitrogens is 2. The molecule has 19 heavy (non-hydrogen) atoms. The van der Waals surface area contributed by atoms with Gasteiger partial charge in [0.2, 0.25) is 0 Å². The topological polar surface area (TPSA) is 87.5 Å². The van der Waals surface area contributed by atoms with Gasteiger partial charge in [0.1, 0.15) is 6.54 Å². The fourth-order valence-corrected chi connectivity index (χ4v) is 2.12. The van der Waals surface area contributed by atoms with E-state index in [9.17, 15) is 9.59 Å². The highest BCUT2D eigenvalue weighted by molar-refractivity contribution is 7.98. The lowest BCUT2D eigenvalue weighted by Gasteiger charge is -2.24. The molecular formula is C11H18N4O3S. The largest absolute Gasteiger partial charge is 0.480 e. The third-order valence-corrected chi connectivity index (χ3v) is 3.39. The third kappa shape index (κ3) is 4.82. The number of hydrogen-bond donors (Lipinski definition) is 2. The Morgan fingerprint density at radius 1 is 1.63 bits per heavy atom. The minimum atomic E-state index is -0.980. The fourth-order valence-electron chi connectivity index (χ4n) is 1.42. The molecule has 1 heterocycles. The number of nitrogens with zero attached hydrogens (tertiary/aromatic N) is 3. The van der Waals surface area contributed by atoms with Crippen LogP contribution in [-0.4, -0.2) is 56.9 Å². The third-order valence-electron chi connectivity index (χ3n) is 2.57. The Labute approximate surface area is 116 Å². The van der Waals surface area contributed by atoms with Gasteiger partial charge in [-0.15, -0.1) is 0 Å². The number of carboxylic acid groups (broad SMARTS) is 1. The Morgan fingerprint density at radius 2 is 2.32 bits per heavy atom. The summed E-state index contributed by atoms with van der Waals surface area (Å²) in [5.74, 6) is -0.131. The molecule has 2 amide bonds. The van der Waals surface area contributed by atoms with E-state index in [2.05, 4.69) is 10.4 Å². The Kier molecular flexibility index (Phi) is 5.68. The van der Waals surface area contributed by atoms with Crippen molar-refractivity contribution >= 4 is 29.4 Å². The van der Waals surface area contributed by atoms with E-state index in [1.807, 2.05) is 13.2 Å². The molecule has 0 aliphatic carbocycles. The number of urea groups is 1. The van der Waals surface area contributed by atoms with Crippen molar-refractivity contribution in [2.45, 2.75) is 19.5 Å². The van der Waals surface area contributed by atoms with Gasteiger partial charge in [0, 0.05) is 25.0 Å². The molecule has 2 N–H and O–H groups in total. The van der Waals surface area contributed by atoms with Crippen molar-refractivity contribution in [1.82, 2.24) is 14.7 Å². The lowest BCUT2D eigenvalue weighted by Crippen LogP contribution is -2.39. The van der Waals surface area contributed by atoms with E-state index < -0.39 is 5.97 Å². The van der Waals surface area contributed by atoms with Crippen LogP contribution in [0, 0.1) is 0 Å². The zero-order valence-corrected chi connectivity index (χ0v) is 12.0. The zero-order valence-electron chi connectivity index (χ0n) is 11.2. The first-order valence-corrected chi connectivity index (χ1v) is 7.10. The van der Waals surface area contributed by atoms with Gasteiger partial charge >= 0.3 is 12.0 Å². The molecule has 0 fully saturated rings. The molecule has 0 aromatic carbocycles. The van der Waals surface area contributed by atoms with Gasteiger partial charge in [-0.25, -0.2) is 4.79 Å². The van der Waals surface area contributed by atoms with Gasteiger partial charge in [0.05, 0.1) is 11.9 Å². The predicted octanol–water partition coefficient (Wildman–Crippen LogP) is 1.18. The number of rotatable bonds is 6. The number of carbonyl (C=O) groups is 2. The summed E-state index contributed by atoms with van der Waals surface area (Å²) in [5, 5.41) is 15.1. The zero-order chi connectivity index (χ0) is 14.4. The molecule has 0 saturated carbocycles. The van der Waals surface area contributed by atoms with Gasteiger partial charge in [-0.1, -0.05) is 0 Å². The summed E-state index contributed by atoms with van der Waals surface area (Å²) >= 11 is 1.67. The van der Waals surface area contributed by atoms with Crippen LogP contribution in [0.2, 0.25) is 0 Å². The van der Waals surface area contributed by atoms with Crippen LogP contribution in [0.15, 0.2) is 12.4 Å². The molecule has 106 valence electrons. The molecule has 7 nitrogen and oxygen atoms in total. The van der Waals surface area contributed by atoms with Crippen molar-refractivity contribution in [2.24, 2.45) is 0 Å². The summed E-state index contributed by atoms with van der Waals surface area (Å²) in [6.07, 6.45) is 4.89. The maximum absolute atomic E-state index is 11.9. The fraction of sp³-hybridized carbons (Fsp3) is 0.545. The van der Waals surface area contributed by atoms with Gasteiger partial charge in [0.15, 0.2) is 0 Å². The molecular weight excluding hydrogens is 268 g/mol. The van der Waals surface area contributed by atoms with E-state index in [4.69, 9.17) is 5.11 Å². The highest BCUT2D eigenvalue weighted by atomic mass is 32.2. The molecule has 1 atom stereocenters. The van der Waals surface area contributed by atoms with Crippen LogP contribution >= 0.6 is 11.8 Å². The first-order chi connectivity index (χ1) is 8.93. The van der Waals surface area contributed by atoms with E-state index in [1.54, 1.807) is 23.7 Å². The quantitative estimate of drug-likeness (QED) is 0.820. The van der Waals surface area contributed by atoms with Crippen molar-refractivity contribution in [3.05, 3.63) is 12.4 Å². The van der Waals surface area contributed by atoms with Crippen molar-refractivity contribution in [1.29, 1.82) is 0 Å². The maximum Gasteiger partial charge on any atom is 0.325 e. The van der Waals surface area contributed by atoms with E-state index in [1.165, 1.54) is 17.1 Å². The molecule has 1 unspecified atom stereocenters. The number of nitrogens with one attached hydrogen (secondary N) is 1. The van der Waals surface area contributed by atoms with Gasteiger partial charge in [-0.2, -0.15) is 16.9 Å². The second-order valence-electron chi connectivity index (χ2n) is 4.17. The number of thioether (sulfide) groups is 1. The second kappa shape index (κ2) is 7.03. The number of amides is 2. The summed E-state index contributed by atoms with van der Waals surface area (Å²) in [5.41, 5.74) is 0.481. The number of carbonyl (C=O) groups excluding carboxylic acids is 1. The molecule has 1 aromatic heterocycles. The van der Waals surface area contributed by atoms with Gasteiger partial charge in [0.25, 0.3) is 0 Å². The summed E-state index contributed by atoms with van der Waals surface area (Å²) in [7, 11) is 1.72. The second-order valence-corrected chi connectivity index (χ2v) is 5.08. The van der Waals surface area contributed by atoms with Crippen molar-refractivity contribution in [2.75, 3.05) is 24.4 Å². The van der Waals surface area contributed by atoms with Crippen LogP contribution in [0.4, 0.5) is 10.5 Å². The van der Waals surface area contributed by atoms with Crippen LogP contribution in [0.25, 0.3) is 0 Å². The monoisotopic (exact) mass is 286 g/mol. The number of anilines is 1.